The fraction of sp³-hybridized carbons (Fsp3) is 0.455. The molecule has 0 aliphatic carbocycles. The molecule has 2 rings (SSSR count). The minimum atomic E-state index is -0.893. The second-order valence-corrected chi connectivity index (χ2v) is 4.17. The molecule has 2 aromatic rings. The first-order chi connectivity index (χ1) is 8.63. The average Bonchev–Trinajstić information content (AvgIpc) is 2.83. The van der Waals surface area contributed by atoms with E-state index in [0.717, 1.165) is 6.42 Å². The zero-order valence-corrected chi connectivity index (χ0v) is 11.4. The van der Waals surface area contributed by atoms with Crippen LogP contribution in [0.1, 0.15) is 20.3 Å². The van der Waals surface area contributed by atoms with E-state index < -0.39 is 12.0 Å². The van der Waals surface area contributed by atoms with Gasteiger partial charge in [0, 0.05) is 0 Å². The standard InChI is InChI=1S/C11H15N5O2.ClH/c1-3-6(2)7(11(17)18)16-10-8-9(13-4-12-8)14-5-15-10;/h4-7H,3H2,1-2H3,(H,17,18)(H2,12,13,14,15,16);1H/t6-,7-;/m0./s1. The number of imidazole rings is 1. The quantitative estimate of drug-likeness (QED) is 0.772. The molecule has 2 heterocycles. The van der Waals surface area contributed by atoms with Crippen molar-refractivity contribution in [3.05, 3.63) is 12.7 Å². The Labute approximate surface area is 116 Å². The summed E-state index contributed by atoms with van der Waals surface area (Å²) in [5.74, 6) is -0.434. The third kappa shape index (κ3) is 3.11. The normalized spacial score (nSPS) is 13.6. The second kappa shape index (κ2) is 6.33. The van der Waals surface area contributed by atoms with E-state index in [1.165, 1.54) is 12.7 Å². The van der Waals surface area contributed by atoms with Crippen LogP contribution in [-0.4, -0.2) is 37.1 Å². The molecule has 0 aliphatic heterocycles. The van der Waals surface area contributed by atoms with Crippen molar-refractivity contribution in [3.8, 4) is 0 Å². The molecular formula is C11H16ClN5O2. The Balaban J connectivity index is 0.00000180. The van der Waals surface area contributed by atoms with Crippen LogP contribution in [0.15, 0.2) is 12.7 Å². The van der Waals surface area contributed by atoms with Crippen molar-refractivity contribution in [1.82, 2.24) is 19.9 Å². The van der Waals surface area contributed by atoms with Crippen molar-refractivity contribution >= 4 is 35.4 Å². The fourth-order valence-corrected chi connectivity index (χ4v) is 1.70. The Hall–Kier alpha value is -1.89. The van der Waals surface area contributed by atoms with Gasteiger partial charge in [-0.15, -0.1) is 12.4 Å². The molecule has 3 N–H and O–H groups in total. The van der Waals surface area contributed by atoms with Crippen LogP contribution in [0.25, 0.3) is 11.2 Å². The number of carbonyl (C=O) groups is 1. The predicted molar refractivity (Wildman–Crippen MR) is 73.4 cm³/mol. The van der Waals surface area contributed by atoms with Crippen LogP contribution in [-0.2, 0) is 4.79 Å². The largest absolute Gasteiger partial charge is 0.480 e. The van der Waals surface area contributed by atoms with Gasteiger partial charge in [-0.1, -0.05) is 20.3 Å². The number of halogens is 1. The minimum absolute atomic E-state index is 0. The lowest BCUT2D eigenvalue weighted by atomic mass is 9.99. The summed E-state index contributed by atoms with van der Waals surface area (Å²) in [6.45, 7) is 3.84. The molecule has 0 aromatic carbocycles. The molecule has 7 nitrogen and oxygen atoms in total. The van der Waals surface area contributed by atoms with E-state index in [1.54, 1.807) is 0 Å². The summed E-state index contributed by atoms with van der Waals surface area (Å²) in [5, 5.41) is 12.2. The molecule has 19 heavy (non-hydrogen) atoms. The van der Waals surface area contributed by atoms with E-state index in [0.29, 0.717) is 17.0 Å². The van der Waals surface area contributed by atoms with E-state index in [-0.39, 0.29) is 18.3 Å². The third-order valence-corrected chi connectivity index (χ3v) is 2.99. The highest BCUT2D eigenvalue weighted by Gasteiger charge is 2.24. The number of carboxylic acid groups (broad SMARTS) is 1. The molecule has 0 saturated heterocycles. The summed E-state index contributed by atoms with van der Waals surface area (Å²) in [7, 11) is 0. The van der Waals surface area contributed by atoms with E-state index in [2.05, 4.69) is 25.3 Å². The number of fused-ring (bicyclic) bond motifs is 1. The van der Waals surface area contributed by atoms with Crippen molar-refractivity contribution in [1.29, 1.82) is 0 Å². The van der Waals surface area contributed by atoms with Crippen LogP contribution in [0.2, 0.25) is 0 Å². The smallest absolute Gasteiger partial charge is 0.326 e. The van der Waals surface area contributed by atoms with Crippen molar-refractivity contribution in [2.24, 2.45) is 5.92 Å². The average molecular weight is 286 g/mol. The number of hydrogen-bond donors (Lipinski definition) is 3. The predicted octanol–water partition coefficient (Wildman–Crippen LogP) is 1.69. The van der Waals surface area contributed by atoms with Crippen molar-refractivity contribution in [3.63, 3.8) is 0 Å². The van der Waals surface area contributed by atoms with E-state index in [4.69, 9.17) is 0 Å². The Kier molecular flexibility index (Phi) is 5.05. The molecule has 104 valence electrons. The van der Waals surface area contributed by atoms with Gasteiger partial charge in [0.25, 0.3) is 0 Å². The van der Waals surface area contributed by atoms with E-state index in [1.807, 2.05) is 13.8 Å². The summed E-state index contributed by atoms with van der Waals surface area (Å²) in [4.78, 5) is 26.2. The van der Waals surface area contributed by atoms with Crippen LogP contribution in [0, 0.1) is 5.92 Å². The van der Waals surface area contributed by atoms with Crippen LogP contribution in [0.3, 0.4) is 0 Å². The highest BCUT2D eigenvalue weighted by atomic mass is 35.5. The monoisotopic (exact) mass is 285 g/mol. The SMILES string of the molecule is CC[C@H](C)[C@H](Nc1ncnc2nc[nH]c12)C(=O)O.Cl. The molecular weight excluding hydrogens is 270 g/mol. The summed E-state index contributed by atoms with van der Waals surface area (Å²) in [6.07, 6.45) is 3.63. The van der Waals surface area contributed by atoms with Crippen LogP contribution in [0.5, 0.6) is 0 Å². The summed E-state index contributed by atoms with van der Waals surface area (Å²) < 4.78 is 0. The van der Waals surface area contributed by atoms with Crippen LogP contribution < -0.4 is 5.32 Å². The maximum absolute atomic E-state index is 11.2. The van der Waals surface area contributed by atoms with Gasteiger partial charge in [-0.25, -0.2) is 19.7 Å². The molecule has 0 amide bonds. The van der Waals surface area contributed by atoms with Gasteiger partial charge >= 0.3 is 5.97 Å². The van der Waals surface area contributed by atoms with Gasteiger partial charge in [0.1, 0.15) is 17.9 Å². The number of rotatable bonds is 5. The number of H-pyrrole nitrogens is 1. The number of hydrogen-bond acceptors (Lipinski definition) is 5. The minimum Gasteiger partial charge on any atom is -0.480 e. The summed E-state index contributed by atoms with van der Waals surface area (Å²) in [5.41, 5.74) is 1.13. The molecule has 0 spiro atoms. The molecule has 0 fully saturated rings. The van der Waals surface area contributed by atoms with Gasteiger partial charge in [0.2, 0.25) is 0 Å². The number of nitrogens with one attached hydrogen (secondary N) is 2. The van der Waals surface area contributed by atoms with Crippen LogP contribution in [0.4, 0.5) is 5.82 Å². The summed E-state index contributed by atoms with van der Waals surface area (Å²) >= 11 is 0. The van der Waals surface area contributed by atoms with Crippen molar-refractivity contribution in [2.75, 3.05) is 5.32 Å². The number of nitrogens with zero attached hydrogens (tertiary/aromatic N) is 3. The topological polar surface area (TPSA) is 104 Å². The first kappa shape index (κ1) is 15.2. The van der Waals surface area contributed by atoms with Gasteiger partial charge in [0.15, 0.2) is 11.5 Å². The van der Waals surface area contributed by atoms with Gasteiger partial charge in [-0.3, -0.25) is 0 Å². The van der Waals surface area contributed by atoms with Gasteiger partial charge in [-0.05, 0) is 5.92 Å². The molecule has 8 heteroatoms. The van der Waals surface area contributed by atoms with Gasteiger partial charge < -0.3 is 15.4 Å². The summed E-state index contributed by atoms with van der Waals surface area (Å²) in [6, 6.07) is -0.684. The highest BCUT2D eigenvalue weighted by Crippen LogP contribution is 2.19. The Bertz CT molecular complexity index is 559. The lowest BCUT2D eigenvalue weighted by Gasteiger charge is -2.20. The molecule has 0 saturated carbocycles. The first-order valence-electron chi connectivity index (χ1n) is 5.77. The van der Waals surface area contributed by atoms with Gasteiger partial charge in [-0.2, -0.15) is 0 Å². The lowest BCUT2D eigenvalue weighted by Crippen LogP contribution is -2.35. The number of aliphatic carboxylic acids is 1. The molecule has 2 aromatic heterocycles. The zero-order valence-electron chi connectivity index (χ0n) is 10.6. The Morgan fingerprint density at radius 2 is 2.21 bits per heavy atom. The second-order valence-electron chi connectivity index (χ2n) is 4.17. The van der Waals surface area contributed by atoms with Gasteiger partial charge in [0.05, 0.1) is 6.33 Å². The van der Waals surface area contributed by atoms with Crippen LogP contribution >= 0.6 is 12.4 Å². The number of carboxylic acids is 1. The number of aromatic amines is 1. The Morgan fingerprint density at radius 1 is 1.47 bits per heavy atom. The molecule has 0 unspecified atom stereocenters. The molecule has 0 aliphatic rings. The third-order valence-electron chi connectivity index (χ3n) is 2.99. The number of aromatic nitrogens is 4. The van der Waals surface area contributed by atoms with E-state index >= 15 is 0 Å². The lowest BCUT2D eigenvalue weighted by molar-refractivity contribution is -0.139. The molecule has 2 atom stereocenters. The maximum Gasteiger partial charge on any atom is 0.326 e. The molecule has 0 bridgehead atoms. The van der Waals surface area contributed by atoms with Crippen molar-refractivity contribution in [2.45, 2.75) is 26.3 Å². The van der Waals surface area contributed by atoms with Crippen molar-refractivity contribution < 1.29 is 9.90 Å². The highest BCUT2D eigenvalue weighted by molar-refractivity contribution is 5.86. The Morgan fingerprint density at radius 3 is 2.84 bits per heavy atom. The van der Waals surface area contributed by atoms with E-state index in [9.17, 15) is 9.90 Å². The fourth-order valence-electron chi connectivity index (χ4n) is 1.70. The molecule has 0 radical (unpaired) electrons. The first-order valence-corrected chi connectivity index (χ1v) is 5.77. The number of anilines is 1. The zero-order chi connectivity index (χ0) is 13.1. The maximum atomic E-state index is 11.2.